The number of nitrogens with zero attached hydrogens (tertiary/aromatic N) is 2. The van der Waals surface area contributed by atoms with Gasteiger partial charge in [-0.25, -0.2) is 5.06 Å². The van der Waals surface area contributed by atoms with Gasteiger partial charge in [0.05, 0.1) is 12.8 Å². The highest BCUT2D eigenvalue weighted by atomic mass is 16.7. The average molecular weight is 169 g/mol. The smallest absolute Gasteiger partial charge is 0.274 e. The third-order valence-electron chi connectivity index (χ3n) is 1.50. The predicted octanol–water partition coefficient (Wildman–Crippen LogP) is 0.352. The maximum Gasteiger partial charge on any atom is 0.295 e. The first-order valence-electron chi connectivity index (χ1n) is 3.49. The number of nitrogens with one attached hydrogen (secondary N) is 1. The van der Waals surface area contributed by atoms with Crippen molar-refractivity contribution in [3.05, 3.63) is 17.5 Å². The molecule has 0 saturated carbocycles. The van der Waals surface area contributed by atoms with Crippen LogP contribution in [0.15, 0.2) is 6.07 Å². The Morgan fingerprint density at radius 2 is 2.42 bits per heavy atom. The summed E-state index contributed by atoms with van der Waals surface area (Å²) in [5, 5.41) is 7.56. The molecular weight excluding hydrogens is 158 g/mol. The van der Waals surface area contributed by atoms with Gasteiger partial charge in [0.15, 0.2) is 0 Å². The second kappa shape index (κ2) is 3.36. The van der Waals surface area contributed by atoms with E-state index in [2.05, 4.69) is 10.2 Å². The molecule has 5 nitrogen and oxygen atoms in total. The molecule has 1 amide bonds. The van der Waals surface area contributed by atoms with Crippen LogP contribution >= 0.6 is 0 Å². The van der Waals surface area contributed by atoms with Gasteiger partial charge in [-0.05, 0) is 13.0 Å². The van der Waals surface area contributed by atoms with Gasteiger partial charge in [0, 0.05) is 7.05 Å². The number of carbonyl (C=O) groups is 1. The largest absolute Gasteiger partial charge is 0.295 e. The summed E-state index contributed by atoms with van der Waals surface area (Å²) in [7, 11) is 2.97. The fourth-order valence-corrected chi connectivity index (χ4v) is 0.784. The van der Waals surface area contributed by atoms with Crippen molar-refractivity contribution in [2.75, 3.05) is 14.2 Å². The summed E-state index contributed by atoms with van der Waals surface area (Å²) in [4.78, 5) is 16.0. The molecule has 1 aromatic heterocycles. The number of hydrogen-bond acceptors (Lipinski definition) is 3. The van der Waals surface area contributed by atoms with Crippen molar-refractivity contribution in [1.82, 2.24) is 15.3 Å². The van der Waals surface area contributed by atoms with Crippen LogP contribution in [0, 0.1) is 6.92 Å². The molecule has 1 N–H and O–H groups in total. The van der Waals surface area contributed by atoms with E-state index in [0.717, 1.165) is 10.8 Å². The highest BCUT2D eigenvalue weighted by molar-refractivity contribution is 5.91. The van der Waals surface area contributed by atoms with Crippen molar-refractivity contribution in [1.29, 1.82) is 0 Å². The third kappa shape index (κ3) is 1.62. The number of carbonyl (C=O) groups excluding carboxylic acids is 1. The van der Waals surface area contributed by atoms with E-state index in [1.54, 1.807) is 20.0 Å². The van der Waals surface area contributed by atoms with Gasteiger partial charge in [0.1, 0.15) is 5.69 Å². The minimum atomic E-state index is -0.238. The summed E-state index contributed by atoms with van der Waals surface area (Å²) >= 11 is 0. The van der Waals surface area contributed by atoms with Gasteiger partial charge in [-0.2, -0.15) is 5.10 Å². The van der Waals surface area contributed by atoms with Gasteiger partial charge in [-0.1, -0.05) is 0 Å². The fourth-order valence-electron chi connectivity index (χ4n) is 0.784. The number of aromatic nitrogens is 2. The first-order valence-corrected chi connectivity index (χ1v) is 3.49. The zero-order valence-corrected chi connectivity index (χ0v) is 7.29. The first-order chi connectivity index (χ1) is 5.65. The van der Waals surface area contributed by atoms with E-state index in [1.165, 1.54) is 7.11 Å². The molecule has 12 heavy (non-hydrogen) atoms. The first kappa shape index (κ1) is 8.73. The lowest BCUT2D eigenvalue weighted by Gasteiger charge is -2.11. The van der Waals surface area contributed by atoms with Crippen molar-refractivity contribution in [2.45, 2.75) is 6.92 Å². The fraction of sp³-hybridized carbons (Fsp3) is 0.429. The number of aromatic amines is 1. The lowest BCUT2D eigenvalue weighted by atomic mass is 10.3. The molecule has 0 bridgehead atoms. The topological polar surface area (TPSA) is 58.2 Å². The highest BCUT2D eigenvalue weighted by Gasteiger charge is 2.12. The van der Waals surface area contributed by atoms with Crippen molar-refractivity contribution < 1.29 is 9.63 Å². The Balaban J connectivity index is 2.78. The van der Waals surface area contributed by atoms with Crippen LogP contribution in [0.5, 0.6) is 0 Å². The molecule has 0 unspecified atom stereocenters. The van der Waals surface area contributed by atoms with Crippen LogP contribution in [0.1, 0.15) is 16.2 Å². The van der Waals surface area contributed by atoms with Gasteiger partial charge in [0.25, 0.3) is 5.91 Å². The van der Waals surface area contributed by atoms with Crippen molar-refractivity contribution in [3.8, 4) is 0 Å². The standard InChI is InChI=1S/C7H11N3O2/c1-5-4-6(9-8-5)7(11)10(2)12-3/h4H,1-3H3,(H,8,9). The SMILES string of the molecule is CON(C)C(=O)c1cc(C)n[nH]1. The second-order valence-electron chi connectivity index (χ2n) is 2.41. The van der Waals surface area contributed by atoms with E-state index in [1.807, 2.05) is 0 Å². The van der Waals surface area contributed by atoms with Crippen LogP contribution in [0.4, 0.5) is 0 Å². The lowest BCUT2D eigenvalue weighted by Crippen LogP contribution is -2.25. The molecule has 0 saturated heterocycles. The molecule has 0 aliphatic heterocycles. The van der Waals surface area contributed by atoms with E-state index >= 15 is 0 Å². The van der Waals surface area contributed by atoms with E-state index < -0.39 is 0 Å². The molecule has 0 atom stereocenters. The maximum atomic E-state index is 11.3. The normalized spacial score (nSPS) is 9.92. The van der Waals surface area contributed by atoms with Gasteiger partial charge in [0.2, 0.25) is 0 Å². The minimum absolute atomic E-state index is 0.238. The number of hydrogen-bond donors (Lipinski definition) is 1. The van der Waals surface area contributed by atoms with Crippen molar-refractivity contribution in [3.63, 3.8) is 0 Å². The molecule has 0 radical (unpaired) electrons. The molecule has 0 aliphatic rings. The number of H-pyrrole nitrogens is 1. The molecule has 1 rings (SSSR count). The Morgan fingerprint density at radius 3 is 2.83 bits per heavy atom. The van der Waals surface area contributed by atoms with E-state index in [-0.39, 0.29) is 5.91 Å². The molecule has 1 aromatic rings. The van der Waals surface area contributed by atoms with Gasteiger partial charge in [-0.3, -0.25) is 14.7 Å². The maximum absolute atomic E-state index is 11.3. The molecule has 0 aromatic carbocycles. The third-order valence-corrected chi connectivity index (χ3v) is 1.50. The summed E-state index contributed by atoms with van der Waals surface area (Å²) in [6.45, 7) is 1.81. The molecule has 0 aliphatic carbocycles. The number of amides is 1. The average Bonchev–Trinajstić information content (AvgIpc) is 2.49. The van der Waals surface area contributed by atoms with Crippen LogP contribution in [0.3, 0.4) is 0 Å². The van der Waals surface area contributed by atoms with Crippen LogP contribution in [-0.4, -0.2) is 35.3 Å². The van der Waals surface area contributed by atoms with E-state index in [4.69, 9.17) is 4.84 Å². The Hall–Kier alpha value is -1.36. The second-order valence-corrected chi connectivity index (χ2v) is 2.41. The monoisotopic (exact) mass is 169 g/mol. The van der Waals surface area contributed by atoms with Crippen LogP contribution < -0.4 is 0 Å². The van der Waals surface area contributed by atoms with Gasteiger partial charge >= 0.3 is 0 Å². The molecule has 1 heterocycles. The van der Waals surface area contributed by atoms with Gasteiger partial charge < -0.3 is 0 Å². The van der Waals surface area contributed by atoms with Crippen LogP contribution in [0.25, 0.3) is 0 Å². The zero-order valence-electron chi connectivity index (χ0n) is 7.29. The predicted molar refractivity (Wildman–Crippen MR) is 42.4 cm³/mol. The van der Waals surface area contributed by atoms with Crippen LogP contribution in [0.2, 0.25) is 0 Å². The van der Waals surface area contributed by atoms with E-state index in [9.17, 15) is 4.79 Å². The lowest BCUT2D eigenvalue weighted by molar-refractivity contribution is -0.0760. The van der Waals surface area contributed by atoms with E-state index in [0.29, 0.717) is 5.69 Å². The molecular formula is C7H11N3O2. The summed E-state index contributed by atoms with van der Waals surface area (Å²) in [5.74, 6) is -0.238. The van der Waals surface area contributed by atoms with Crippen molar-refractivity contribution >= 4 is 5.91 Å². The quantitative estimate of drug-likeness (QED) is 0.650. The molecule has 5 heteroatoms. The number of aryl methyl sites for hydroxylation is 1. The summed E-state index contributed by atoms with van der Waals surface area (Å²) < 4.78 is 0. The minimum Gasteiger partial charge on any atom is -0.274 e. The Bertz CT molecular complexity index is 282. The molecule has 0 spiro atoms. The van der Waals surface area contributed by atoms with Crippen LogP contribution in [-0.2, 0) is 4.84 Å². The Morgan fingerprint density at radius 1 is 1.75 bits per heavy atom. The molecule has 0 fully saturated rings. The Kier molecular flexibility index (Phi) is 2.44. The summed E-state index contributed by atoms with van der Waals surface area (Å²) in [6.07, 6.45) is 0. The van der Waals surface area contributed by atoms with Crippen molar-refractivity contribution in [2.24, 2.45) is 0 Å². The summed E-state index contributed by atoms with van der Waals surface area (Å²) in [5.41, 5.74) is 1.21. The molecule has 66 valence electrons. The zero-order chi connectivity index (χ0) is 9.14. The Labute approximate surface area is 70.3 Å². The van der Waals surface area contributed by atoms with Gasteiger partial charge in [-0.15, -0.1) is 0 Å². The highest BCUT2D eigenvalue weighted by Crippen LogP contribution is 2.01. The number of rotatable bonds is 2. The number of hydroxylamine groups is 2. The summed E-state index contributed by atoms with van der Waals surface area (Å²) in [6, 6.07) is 1.66.